The molecular formula is C17H30N2O. The maximum atomic E-state index is 9.50. The van der Waals surface area contributed by atoms with Crippen molar-refractivity contribution in [3.05, 3.63) is 0 Å². The molecule has 1 aliphatic carbocycles. The van der Waals surface area contributed by atoms with E-state index in [0.29, 0.717) is 17.6 Å². The summed E-state index contributed by atoms with van der Waals surface area (Å²) in [5, 5.41) is 9.50. The van der Waals surface area contributed by atoms with Gasteiger partial charge in [0.25, 0.3) is 0 Å². The fraction of sp³-hybridized carbons (Fsp3) is 0.941. The van der Waals surface area contributed by atoms with Crippen LogP contribution in [-0.2, 0) is 4.74 Å². The maximum absolute atomic E-state index is 9.50. The van der Waals surface area contributed by atoms with Gasteiger partial charge in [-0.25, -0.2) is 0 Å². The zero-order valence-electron chi connectivity index (χ0n) is 13.6. The van der Waals surface area contributed by atoms with E-state index in [2.05, 4.69) is 38.7 Å². The molecule has 114 valence electrons. The number of ether oxygens (including phenoxy) is 1. The monoisotopic (exact) mass is 278 g/mol. The number of nitrogens with zero attached hydrogens (tertiary/aromatic N) is 2. The second-order valence-electron chi connectivity index (χ2n) is 7.33. The first-order chi connectivity index (χ1) is 9.47. The normalized spacial score (nSPS) is 36.5. The van der Waals surface area contributed by atoms with Crippen LogP contribution in [0.5, 0.6) is 0 Å². The fourth-order valence-electron chi connectivity index (χ4n) is 3.85. The van der Waals surface area contributed by atoms with Gasteiger partial charge in [0.1, 0.15) is 0 Å². The van der Waals surface area contributed by atoms with E-state index in [1.165, 1.54) is 19.3 Å². The summed E-state index contributed by atoms with van der Waals surface area (Å²) >= 11 is 0. The average molecular weight is 278 g/mol. The molecule has 1 saturated heterocycles. The summed E-state index contributed by atoms with van der Waals surface area (Å²) in [6, 6.07) is 3.01. The number of nitriles is 1. The van der Waals surface area contributed by atoms with Crippen LogP contribution in [0, 0.1) is 28.6 Å². The minimum atomic E-state index is 0.212. The third kappa shape index (κ3) is 3.35. The summed E-state index contributed by atoms with van der Waals surface area (Å²) in [4.78, 5) is 2.53. The Bertz CT molecular complexity index is 360. The van der Waals surface area contributed by atoms with Gasteiger partial charge in [-0.1, -0.05) is 27.2 Å². The summed E-state index contributed by atoms with van der Waals surface area (Å²) in [5.41, 5.74) is 0.399. The molecule has 1 aliphatic heterocycles. The Balaban J connectivity index is 2.08. The molecule has 20 heavy (non-hydrogen) atoms. The van der Waals surface area contributed by atoms with Gasteiger partial charge < -0.3 is 4.74 Å². The number of morpholine rings is 1. The van der Waals surface area contributed by atoms with Crippen LogP contribution in [0.15, 0.2) is 0 Å². The van der Waals surface area contributed by atoms with Gasteiger partial charge >= 0.3 is 0 Å². The molecule has 1 saturated carbocycles. The Morgan fingerprint density at radius 2 is 2.10 bits per heavy atom. The van der Waals surface area contributed by atoms with Gasteiger partial charge in [0.05, 0.1) is 24.7 Å². The van der Waals surface area contributed by atoms with Crippen LogP contribution in [0.3, 0.4) is 0 Å². The summed E-state index contributed by atoms with van der Waals surface area (Å²) in [7, 11) is 0. The summed E-state index contributed by atoms with van der Waals surface area (Å²) in [6.07, 6.45) is 5.01. The summed E-state index contributed by atoms with van der Waals surface area (Å²) in [5.74, 6) is 0.962. The Hall–Kier alpha value is -0.590. The predicted molar refractivity (Wildman–Crippen MR) is 81.3 cm³/mol. The molecule has 0 aromatic carbocycles. The minimum Gasteiger partial charge on any atom is -0.376 e. The first-order valence-electron chi connectivity index (χ1n) is 8.23. The smallest absolute Gasteiger partial charge is 0.0674 e. The Morgan fingerprint density at radius 1 is 1.35 bits per heavy atom. The second kappa shape index (κ2) is 6.45. The summed E-state index contributed by atoms with van der Waals surface area (Å²) in [6.45, 7) is 12.0. The predicted octanol–water partition coefficient (Wildman–Crippen LogP) is 3.45. The van der Waals surface area contributed by atoms with Crippen molar-refractivity contribution in [2.45, 2.75) is 65.5 Å². The van der Waals surface area contributed by atoms with E-state index < -0.39 is 0 Å². The van der Waals surface area contributed by atoms with Gasteiger partial charge in [0, 0.05) is 19.1 Å². The van der Waals surface area contributed by atoms with Gasteiger partial charge in [-0.05, 0) is 37.5 Å². The average Bonchev–Trinajstić information content (AvgIpc) is 2.46. The zero-order valence-corrected chi connectivity index (χ0v) is 13.6. The zero-order chi connectivity index (χ0) is 14.8. The molecule has 4 unspecified atom stereocenters. The molecule has 2 aliphatic rings. The Labute approximate surface area is 124 Å². The lowest BCUT2D eigenvalue weighted by Gasteiger charge is -2.47. The van der Waals surface area contributed by atoms with Crippen molar-refractivity contribution in [3.63, 3.8) is 0 Å². The van der Waals surface area contributed by atoms with Crippen molar-refractivity contribution in [2.24, 2.45) is 17.3 Å². The minimum absolute atomic E-state index is 0.212. The lowest BCUT2D eigenvalue weighted by molar-refractivity contribution is -0.0555. The highest BCUT2D eigenvalue weighted by atomic mass is 16.5. The molecule has 0 amide bonds. The van der Waals surface area contributed by atoms with Crippen LogP contribution in [0.25, 0.3) is 0 Å². The van der Waals surface area contributed by atoms with Gasteiger partial charge in [-0.15, -0.1) is 0 Å². The van der Waals surface area contributed by atoms with Crippen molar-refractivity contribution < 1.29 is 4.74 Å². The van der Waals surface area contributed by atoms with Crippen molar-refractivity contribution in [3.8, 4) is 6.07 Å². The van der Waals surface area contributed by atoms with Crippen molar-refractivity contribution in [1.82, 2.24) is 4.90 Å². The fourth-order valence-corrected chi connectivity index (χ4v) is 3.85. The van der Waals surface area contributed by atoms with E-state index in [1.807, 2.05) is 0 Å². The Morgan fingerprint density at radius 3 is 2.70 bits per heavy atom. The number of hydrogen-bond acceptors (Lipinski definition) is 3. The highest BCUT2D eigenvalue weighted by molar-refractivity contribution is 5.00. The molecule has 3 nitrogen and oxygen atoms in total. The second-order valence-corrected chi connectivity index (χ2v) is 7.33. The van der Waals surface area contributed by atoms with E-state index >= 15 is 0 Å². The molecule has 0 radical (unpaired) electrons. The van der Waals surface area contributed by atoms with Gasteiger partial charge in [-0.2, -0.15) is 5.26 Å². The standard InChI is InChI=1S/C17H30N2O/c1-5-17(3,4)15-7-6-14(11-18)16(10-15)19-8-9-20-13(2)12-19/h13-16H,5-10,12H2,1-4H3. The maximum Gasteiger partial charge on any atom is 0.0674 e. The molecule has 0 aromatic rings. The third-order valence-electron chi connectivity index (χ3n) is 5.74. The Kier molecular flexibility index (Phi) is 5.09. The van der Waals surface area contributed by atoms with E-state index in [9.17, 15) is 5.26 Å². The lowest BCUT2D eigenvalue weighted by Crippen LogP contribution is -2.52. The van der Waals surface area contributed by atoms with Gasteiger partial charge in [0.15, 0.2) is 0 Å². The van der Waals surface area contributed by atoms with Gasteiger partial charge in [-0.3, -0.25) is 4.90 Å². The van der Waals surface area contributed by atoms with E-state index in [1.54, 1.807) is 0 Å². The molecule has 0 aromatic heterocycles. The molecule has 2 fully saturated rings. The molecule has 3 heteroatoms. The molecule has 1 heterocycles. The highest BCUT2D eigenvalue weighted by Gasteiger charge is 2.40. The molecule has 2 rings (SSSR count). The quantitative estimate of drug-likeness (QED) is 0.793. The molecule has 0 bridgehead atoms. The molecule has 4 atom stereocenters. The largest absolute Gasteiger partial charge is 0.376 e. The van der Waals surface area contributed by atoms with Crippen molar-refractivity contribution in [1.29, 1.82) is 5.26 Å². The lowest BCUT2D eigenvalue weighted by atomic mass is 9.66. The van der Waals surface area contributed by atoms with Crippen LogP contribution in [0.4, 0.5) is 0 Å². The van der Waals surface area contributed by atoms with Crippen LogP contribution in [-0.4, -0.2) is 36.7 Å². The first-order valence-corrected chi connectivity index (χ1v) is 8.23. The first kappa shape index (κ1) is 15.8. The number of rotatable bonds is 3. The van der Waals surface area contributed by atoms with Crippen LogP contribution in [0.2, 0.25) is 0 Å². The molecule has 0 spiro atoms. The van der Waals surface area contributed by atoms with Gasteiger partial charge in [0.2, 0.25) is 0 Å². The van der Waals surface area contributed by atoms with E-state index in [-0.39, 0.29) is 5.92 Å². The number of hydrogen-bond donors (Lipinski definition) is 0. The van der Waals surface area contributed by atoms with E-state index in [0.717, 1.165) is 32.0 Å². The SMILES string of the molecule is CCC(C)(C)C1CCC(C#N)C(N2CCOC(C)C2)C1. The van der Waals surface area contributed by atoms with Crippen LogP contribution in [0.1, 0.15) is 53.4 Å². The highest BCUT2D eigenvalue weighted by Crippen LogP contribution is 2.43. The van der Waals surface area contributed by atoms with Crippen LogP contribution >= 0.6 is 0 Å². The summed E-state index contributed by atoms with van der Waals surface area (Å²) < 4.78 is 5.66. The van der Waals surface area contributed by atoms with Crippen molar-refractivity contribution >= 4 is 0 Å². The van der Waals surface area contributed by atoms with Crippen LogP contribution < -0.4 is 0 Å². The van der Waals surface area contributed by atoms with Crippen molar-refractivity contribution in [2.75, 3.05) is 19.7 Å². The molecule has 0 N–H and O–H groups in total. The topological polar surface area (TPSA) is 36.3 Å². The molecular weight excluding hydrogens is 248 g/mol. The van der Waals surface area contributed by atoms with E-state index in [4.69, 9.17) is 4.74 Å². The third-order valence-corrected chi connectivity index (χ3v) is 5.74.